The van der Waals surface area contributed by atoms with E-state index in [1.54, 1.807) is 0 Å². The molecule has 1 aliphatic heterocycles. The standard InChI is InChI=1S/C21H27ClN4/c1-26-13-5-4-11-21(24-16-17-7-6-8-18(22)15-17)25-20-10-3-2-9-19(20)23-12-14-26/h2-3,6-10,15,23H,4-5,11-14,16H2,1H3,(H,24,25). The monoisotopic (exact) mass is 370 g/mol. The van der Waals surface area contributed by atoms with E-state index in [2.05, 4.69) is 52.9 Å². The van der Waals surface area contributed by atoms with Gasteiger partial charge >= 0.3 is 0 Å². The second kappa shape index (κ2) is 9.60. The Bertz CT molecular complexity index is 744. The third kappa shape index (κ3) is 5.75. The highest BCUT2D eigenvalue weighted by atomic mass is 35.5. The number of halogens is 1. The van der Waals surface area contributed by atoms with Crippen molar-refractivity contribution in [2.75, 3.05) is 37.3 Å². The van der Waals surface area contributed by atoms with Crippen molar-refractivity contribution in [3.05, 3.63) is 59.1 Å². The molecule has 138 valence electrons. The van der Waals surface area contributed by atoms with Gasteiger partial charge in [-0.25, -0.2) is 0 Å². The predicted molar refractivity (Wildman–Crippen MR) is 112 cm³/mol. The summed E-state index contributed by atoms with van der Waals surface area (Å²) in [6, 6.07) is 16.2. The Morgan fingerprint density at radius 3 is 2.73 bits per heavy atom. The molecule has 0 fully saturated rings. The van der Waals surface area contributed by atoms with E-state index >= 15 is 0 Å². The molecule has 0 aromatic heterocycles. The quantitative estimate of drug-likeness (QED) is 0.791. The molecule has 5 heteroatoms. The highest BCUT2D eigenvalue weighted by Crippen LogP contribution is 2.22. The van der Waals surface area contributed by atoms with Gasteiger partial charge in [-0.15, -0.1) is 0 Å². The SMILES string of the molecule is CN1CCCCC(=NCc2cccc(Cl)c2)Nc2ccccc2NCC1. The molecule has 0 spiro atoms. The number of anilines is 2. The number of para-hydroxylation sites is 2. The molecular weight excluding hydrogens is 344 g/mol. The van der Waals surface area contributed by atoms with Gasteiger partial charge in [0.05, 0.1) is 17.9 Å². The van der Waals surface area contributed by atoms with Gasteiger partial charge in [0.25, 0.3) is 0 Å². The van der Waals surface area contributed by atoms with Gasteiger partial charge in [-0.05, 0) is 56.3 Å². The van der Waals surface area contributed by atoms with E-state index < -0.39 is 0 Å². The molecule has 26 heavy (non-hydrogen) atoms. The molecule has 0 amide bonds. The molecular formula is C21H27ClN4. The molecule has 3 rings (SSSR count). The Hall–Kier alpha value is -2.04. The Labute approximate surface area is 161 Å². The van der Waals surface area contributed by atoms with Crippen molar-refractivity contribution < 1.29 is 0 Å². The number of benzene rings is 2. The zero-order valence-electron chi connectivity index (χ0n) is 15.3. The Balaban J connectivity index is 1.78. The predicted octanol–water partition coefficient (Wildman–Crippen LogP) is 4.88. The zero-order chi connectivity index (χ0) is 18.2. The van der Waals surface area contributed by atoms with Crippen LogP contribution in [0.25, 0.3) is 0 Å². The maximum absolute atomic E-state index is 6.09. The molecule has 2 N–H and O–H groups in total. The summed E-state index contributed by atoms with van der Waals surface area (Å²) in [7, 11) is 2.19. The number of amidine groups is 1. The van der Waals surface area contributed by atoms with Gasteiger partial charge in [0, 0.05) is 24.5 Å². The Kier molecular flexibility index (Phi) is 6.92. The van der Waals surface area contributed by atoms with Gasteiger partial charge in [0.1, 0.15) is 5.84 Å². The normalized spacial score (nSPS) is 18.2. The largest absolute Gasteiger partial charge is 0.382 e. The number of fused-ring (bicyclic) bond motifs is 1. The molecule has 2 aromatic rings. The molecule has 0 radical (unpaired) electrons. The van der Waals surface area contributed by atoms with Gasteiger partial charge in [-0.3, -0.25) is 4.99 Å². The van der Waals surface area contributed by atoms with Gasteiger partial charge in [0.2, 0.25) is 0 Å². The van der Waals surface area contributed by atoms with Crippen LogP contribution in [-0.4, -0.2) is 37.4 Å². The van der Waals surface area contributed by atoms with Gasteiger partial charge in [-0.2, -0.15) is 0 Å². The van der Waals surface area contributed by atoms with Crippen LogP contribution >= 0.6 is 11.6 Å². The molecule has 0 saturated heterocycles. The zero-order valence-corrected chi connectivity index (χ0v) is 16.1. The fourth-order valence-electron chi connectivity index (χ4n) is 3.07. The lowest BCUT2D eigenvalue weighted by molar-refractivity contribution is 0.339. The van der Waals surface area contributed by atoms with Crippen molar-refractivity contribution in [2.24, 2.45) is 4.99 Å². The molecule has 1 aliphatic rings. The van der Waals surface area contributed by atoms with Crippen molar-refractivity contribution in [3.63, 3.8) is 0 Å². The van der Waals surface area contributed by atoms with Crippen molar-refractivity contribution in [1.82, 2.24) is 4.90 Å². The number of nitrogens with zero attached hydrogens (tertiary/aromatic N) is 2. The summed E-state index contributed by atoms with van der Waals surface area (Å²) >= 11 is 6.09. The first kappa shape index (κ1) is 18.7. The van der Waals surface area contributed by atoms with Crippen molar-refractivity contribution in [3.8, 4) is 0 Å². The molecule has 0 aliphatic carbocycles. The van der Waals surface area contributed by atoms with E-state index in [4.69, 9.17) is 16.6 Å². The van der Waals surface area contributed by atoms with Gasteiger partial charge < -0.3 is 15.5 Å². The Morgan fingerprint density at radius 1 is 1.04 bits per heavy atom. The van der Waals surface area contributed by atoms with E-state index in [0.29, 0.717) is 6.54 Å². The van der Waals surface area contributed by atoms with Crippen LogP contribution in [0.3, 0.4) is 0 Å². The molecule has 1 heterocycles. The van der Waals surface area contributed by atoms with Crippen LogP contribution in [-0.2, 0) is 6.54 Å². The minimum atomic E-state index is 0.637. The van der Waals surface area contributed by atoms with Crippen LogP contribution in [0.1, 0.15) is 24.8 Å². The fourth-order valence-corrected chi connectivity index (χ4v) is 3.29. The van der Waals surface area contributed by atoms with Crippen molar-refractivity contribution in [1.29, 1.82) is 0 Å². The average Bonchev–Trinajstić information content (AvgIpc) is 2.63. The number of aliphatic imine (C=N–C) groups is 1. The third-order valence-corrected chi connectivity index (χ3v) is 4.80. The second-order valence-corrected chi connectivity index (χ2v) is 7.19. The van der Waals surface area contributed by atoms with Crippen LogP contribution < -0.4 is 10.6 Å². The second-order valence-electron chi connectivity index (χ2n) is 6.75. The van der Waals surface area contributed by atoms with Crippen LogP contribution in [0, 0.1) is 0 Å². The summed E-state index contributed by atoms with van der Waals surface area (Å²) in [4.78, 5) is 7.23. The lowest BCUT2D eigenvalue weighted by Crippen LogP contribution is -2.27. The minimum absolute atomic E-state index is 0.637. The minimum Gasteiger partial charge on any atom is -0.382 e. The number of nitrogens with one attached hydrogen (secondary N) is 2. The molecule has 2 aromatic carbocycles. The van der Waals surface area contributed by atoms with Crippen LogP contribution in [0.4, 0.5) is 11.4 Å². The fraction of sp³-hybridized carbons (Fsp3) is 0.381. The smallest absolute Gasteiger partial charge is 0.101 e. The first-order chi connectivity index (χ1) is 12.7. The van der Waals surface area contributed by atoms with E-state index in [1.807, 2.05) is 18.2 Å². The summed E-state index contributed by atoms with van der Waals surface area (Å²) in [6.45, 7) is 3.73. The van der Waals surface area contributed by atoms with Gasteiger partial charge in [0.15, 0.2) is 0 Å². The van der Waals surface area contributed by atoms with Crippen LogP contribution in [0.2, 0.25) is 5.02 Å². The lowest BCUT2D eigenvalue weighted by Gasteiger charge is -2.21. The maximum Gasteiger partial charge on any atom is 0.101 e. The van der Waals surface area contributed by atoms with Crippen molar-refractivity contribution >= 4 is 28.8 Å². The third-order valence-electron chi connectivity index (χ3n) is 4.56. The first-order valence-electron chi connectivity index (χ1n) is 9.27. The Morgan fingerprint density at radius 2 is 1.88 bits per heavy atom. The van der Waals surface area contributed by atoms with Gasteiger partial charge in [-0.1, -0.05) is 35.9 Å². The molecule has 0 bridgehead atoms. The summed E-state index contributed by atoms with van der Waals surface area (Å²) in [5.41, 5.74) is 3.33. The molecule has 0 atom stereocenters. The maximum atomic E-state index is 6.09. The number of rotatable bonds is 2. The molecule has 0 unspecified atom stereocenters. The van der Waals surface area contributed by atoms with E-state index in [-0.39, 0.29) is 0 Å². The average molecular weight is 371 g/mol. The number of hydrogen-bond acceptors (Lipinski definition) is 3. The van der Waals surface area contributed by atoms with E-state index in [1.165, 1.54) is 6.42 Å². The first-order valence-corrected chi connectivity index (χ1v) is 9.65. The van der Waals surface area contributed by atoms with E-state index in [9.17, 15) is 0 Å². The summed E-state index contributed by atoms with van der Waals surface area (Å²) in [5, 5.41) is 7.85. The lowest BCUT2D eigenvalue weighted by atomic mass is 10.2. The summed E-state index contributed by atoms with van der Waals surface area (Å²) < 4.78 is 0. The summed E-state index contributed by atoms with van der Waals surface area (Å²) in [6.07, 6.45) is 3.25. The molecule has 0 saturated carbocycles. The number of hydrogen-bond donors (Lipinski definition) is 2. The number of likely N-dealkylation sites (N-methyl/N-ethyl adjacent to an activating group) is 1. The topological polar surface area (TPSA) is 39.7 Å². The van der Waals surface area contributed by atoms with E-state index in [0.717, 1.165) is 60.3 Å². The van der Waals surface area contributed by atoms with Crippen LogP contribution in [0.15, 0.2) is 53.5 Å². The van der Waals surface area contributed by atoms with Crippen LogP contribution in [0.5, 0.6) is 0 Å². The highest BCUT2D eigenvalue weighted by molar-refractivity contribution is 6.30. The summed E-state index contributed by atoms with van der Waals surface area (Å²) in [5.74, 6) is 1.03. The highest BCUT2D eigenvalue weighted by Gasteiger charge is 2.08. The molecule has 4 nitrogen and oxygen atoms in total. The van der Waals surface area contributed by atoms with Crippen molar-refractivity contribution in [2.45, 2.75) is 25.8 Å².